The number of halogens is 3. The Labute approximate surface area is 415 Å². The van der Waals surface area contributed by atoms with Crippen LogP contribution in [0.25, 0.3) is 111 Å². The number of rotatable bonds is 7. The van der Waals surface area contributed by atoms with Gasteiger partial charge in [0.15, 0.2) is 0 Å². The maximum Gasteiger partial charge on any atom is 0.418 e. The fraction of sp³-hybridized carbons (Fsp3) is 0.0758. The zero-order chi connectivity index (χ0) is 49.4. The Morgan fingerprint density at radius 2 is 0.694 bits per heavy atom. The van der Waals surface area contributed by atoms with Crippen molar-refractivity contribution in [2.75, 3.05) is 0 Å². The lowest BCUT2D eigenvalue weighted by molar-refractivity contribution is -0.137. The van der Waals surface area contributed by atoms with Crippen molar-refractivity contribution in [2.45, 2.75) is 33.9 Å². The van der Waals surface area contributed by atoms with Crippen molar-refractivity contribution < 1.29 is 13.2 Å². The summed E-state index contributed by atoms with van der Waals surface area (Å²) in [4.78, 5) is 0. The number of aromatic nitrogens is 2. The quantitative estimate of drug-likeness (QED) is 0.157. The van der Waals surface area contributed by atoms with E-state index in [0.29, 0.717) is 33.4 Å². The predicted molar refractivity (Wildman–Crippen MR) is 291 cm³/mol. The largest absolute Gasteiger partial charge is 0.418 e. The van der Waals surface area contributed by atoms with Gasteiger partial charge >= 0.3 is 6.18 Å². The molecule has 3 nitrogen and oxygen atoms in total. The molecule has 2 aromatic heterocycles. The van der Waals surface area contributed by atoms with Crippen LogP contribution in [0.15, 0.2) is 206 Å². The monoisotopic (exact) mass is 937 g/mol. The standard InChI is InChI=1S/C66H46F3N3/c1-40-14-5-9-20-50(40)46-24-28-60-55(33-46)56-34-47(51-21-10-6-15-41(51)2)25-29-61(56)71(60)64-38-59(66(67,68)69)65(37-54(64)45-19-13-18-44(32-45)39-70)72-62-30-26-48(52-22-11-7-16-42(52)3)35-57(62)58-36-49(27-31-63(58)72)53-23-12-8-17-43(53)4/h5-38H,1-4H3. The molecule has 10 aromatic carbocycles. The molecule has 0 saturated heterocycles. The molecule has 0 amide bonds. The first-order valence-electron chi connectivity index (χ1n) is 24.1. The summed E-state index contributed by atoms with van der Waals surface area (Å²) in [7, 11) is 0. The minimum Gasteiger partial charge on any atom is -0.309 e. The van der Waals surface area contributed by atoms with Crippen molar-refractivity contribution >= 4 is 43.6 Å². The van der Waals surface area contributed by atoms with Gasteiger partial charge in [-0.05, 0) is 173 Å². The van der Waals surface area contributed by atoms with E-state index in [1.54, 1.807) is 28.8 Å². The molecule has 0 N–H and O–H groups in total. The molecule has 0 aliphatic carbocycles. The summed E-state index contributed by atoms with van der Waals surface area (Å²) in [6.45, 7) is 8.32. The minimum absolute atomic E-state index is 0.0136. The molecule has 0 unspecified atom stereocenters. The van der Waals surface area contributed by atoms with Gasteiger partial charge in [-0.25, -0.2) is 0 Å². The third-order valence-electron chi connectivity index (χ3n) is 14.6. The molecule has 0 saturated carbocycles. The van der Waals surface area contributed by atoms with Crippen LogP contribution >= 0.6 is 0 Å². The zero-order valence-corrected chi connectivity index (χ0v) is 40.1. The summed E-state index contributed by atoms with van der Waals surface area (Å²) in [5, 5.41) is 13.7. The number of aryl methyl sites for hydroxylation is 4. The highest BCUT2D eigenvalue weighted by atomic mass is 19.4. The van der Waals surface area contributed by atoms with E-state index in [9.17, 15) is 5.26 Å². The van der Waals surface area contributed by atoms with Crippen molar-refractivity contribution in [3.63, 3.8) is 0 Å². The first-order chi connectivity index (χ1) is 34.9. The van der Waals surface area contributed by atoms with E-state index in [0.717, 1.165) is 99.3 Å². The highest BCUT2D eigenvalue weighted by molar-refractivity contribution is 6.14. The van der Waals surface area contributed by atoms with Crippen molar-refractivity contribution in [2.24, 2.45) is 0 Å². The molecular weight excluding hydrogens is 892 g/mol. The van der Waals surface area contributed by atoms with E-state index < -0.39 is 11.7 Å². The smallest absolute Gasteiger partial charge is 0.309 e. The van der Waals surface area contributed by atoms with Crippen LogP contribution in [0.1, 0.15) is 33.4 Å². The maximum atomic E-state index is 16.5. The third-order valence-corrected chi connectivity index (χ3v) is 14.6. The molecule has 12 rings (SSSR count). The number of alkyl halides is 3. The molecule has 0 spiro atoms. The SMILES string of the molecule is Cc1ccccc1-c1ccc2c(c1)c1cc(-c3ccccc3C)ccc1n2-c1cc(C(F)(F)F)c(-n2c3ccc(-c4ccccc4C)cc3c3cc(-c4ccccc4C)ccc32)cc1-c1cccc(C#N)c1. The average Bonchev–Trinajstić information content (AvgIpc) is 3.89. The second-order valence-corrected chi connectivity index (χ2v) is 18.9. The summed E-state index contributed by atoms with van der Waals surface area (Å²) in [6.07, 6.45) is -4.79. The van der Waals surface area contributed by atoms with E-state index in [-0.39, 0.29) is 5.69 Å². The van der Waals surface area contributed by atoms with Crippen LogP contribution in [0, 0.1) is 39.0 Å². The molecule has 0 aliphatic rings. The van der Waals surface area contributed by atoms with Gasteiger partial charge in [-0.3, -0.25) is 0 Å². The van der Waals surface area contributed by atoms with Crippen LogP contribution in [0.4, 0.5) is 13.2 Å². The van der Waals surface area contributed by atoms with E-state index >= 15 is 13.2 Å². The van der Waals surface area contributed by atoms with Crippen molar-refractivity contribution in [3.8, 4) is 73.1 Å². The van der Waals surface area contributed by atoms with Crippen LogP contribution in [-0.4, -0.2) is 9.13 Å². The van der Waals surface area contributed by atoms with Gasteiger partial charge in [0.05, 0.1) is 50.6 Å². The highest BCUT2D eigenvalue weighted by Gasteiger charge is 2.37. The number of fused-ring (bicyclic) bond motifs is 6. The van der Waals surface area contributed by atoms with Crippen LogP contribution in [0.5, 0.6) is 0 Å². The Morgan fingerprint density at radius 1 is 0.347 bits per heavy atom. The Balaban J connectivity index is 1.19. The van der Waals surface area contributed by atoms with Crippen LogP contribution < -0.4 is 0 Å². The van der Waals surface area contributed by atoms with Gasteiger partial charge < -0.3 is 9.13 Å². The fourth-order valence-electron chi connectivity index (χ4n) is 11.0. The highest BCUT2D eigenvalue weighted by Crippen LogP contribution is 2.47. The first kappa shape index (κ1) is 44.3. The Kier molecular flexibility index (Phi) is 10.6. The summed E-state index contributed by atoms with van der Waals surface area (Å²) >= 11 is 0. The van der Waals surface area contributed by atoms with E-state index in [1.165, 1.54) is 6.07 Å². The van der Waals surface area contributed by atoms with Gasteiger partial charge in [-0.2, -0.15) is 18.4 Å². The summed E-state index contributed by atoms with van der Waals surface area (Å²) in [5.41, 5.74) is 16.6. The van der Waals surface area contributed by atoms with Crippen LogP contribution in [0.2, 0.25) is 0 Å². The van der Waals surface area contributed by atoms with E-state index in [4.69, 9.17) is 0 Å². The summed E-state index contributed by atoms with van der Waals surface area (Å²) in [6, 6.07) is 70.0. The summed E-state index contributed by atoms with van der Waals surface area (Å²) in [5.74, 6) is 0. The van der Waals surface area contributed by atoms with Gasteiger partial charge in [0, 0.05) is 27.1 Å². The molecule has 346 valence electrons. The average molecular weight is 938 g/mol. The number of nitriles is 1. The predicted octanol–water partition coefficient (Wildman–Crippen LogP) is 18.3. The summed E-state index contributed by atoms with van der Waals surface area (Å²) < 4.78 is 53.2. The van der Waals surface area contributed by atoms with Gasteiger partial charge in [0.2, 0.25) is 0 Å². The Bertz CT molecular complexity index is 4010. The first-order valence-corrected chi connectivity index (χ1v) is 24.1. The number of hydrogen-bond acceptors (Lipinski definition) is 1. The molecule has 0 atom stereocenters. The number of nitrogens with zero attached hydrogens (tertiary/aromatic N) is 3. The topological polar surface area (TPSA) is 33.6 Å². The van der Waals surface area contributed by atoms with Crippen LogP contribution in [-0.2, 0) is 6.18 Å². The van der Waals surface area contributed by atoms with Gasteiger partial charge in [-0.1, -0.05) is 133 Å². The van der Waals surface area contributed by atoms with Crippen molar-refractivity contribution in [3.05, 3.63) is 240 Å². The second kappa shape index (κ2) is 17.2. The molecule has 2 heterocycles. The molecule has 0 fully saturated rings. The Morgan fingerprint density at radius 3 is 1.04 bits per heavy atom. The lowest BCUT2D eigenvalue weighted by atomic mass is 9.97. The fourth-order valence-corrected chi connectivity index (χ4v) is 11.0. The van der Waals surface area contributed by atoms with Crippen molar-refractivity contribution in [1.82, 2.24) is 9.13 Å². The van der Waals surface area contributed by atoms with E-state index in [1.807, 2.05) is 95.6 Å². The van der Waals surface area contributed by atoms with Gasteiger partial charge in [0.1, 0.15) is 0 Å². The molecule has 0 bridgehead atoms. The number of benzene rings is 10. The molecule has 6 heteroatoms. The van der Waals surface area contributed by atoms with Crippen molar-refractivity contribution in [1.29, 1.82) is 5.26 Å². The third kappa shape index (κ3) is 7.36. The van der Waals surface area contributed by atoms with Crippen LogP contribution in [0.3, 0.4) is 0 Å². The normalized spacial score (nSPS) is 11.8. The number of hydrogen-bond donors (Lipinski definition) is 0. The lowest BCUT2D eigenvalue weighted by Gasteiger charge is -2.22. The molecule has 0 radical (unpaired) electrons. The molecule has 0 aliphatic heterocycles. The lowest BCUT2D eigenvalue weighted by Crippen LogP contribution is -2.13. The molecule has 12 aromatic rings. The molecular formula is C66H46F3N3. The molecule has 72 heavy (non-hydrogen) atoms. The Hall–Kier alpha value is -8.92. The van der Waals surface area contributed by atoms with Gasteiger partial charge in [-0.15, -0.1) is 0 Å². The van der Waals surface area contributed by atoms with Gasteiger partial charge in [0.25, 0.3) is 0 Å². The minimum atomic E-state index is -4.79. The van der Waals surface area contributed by atoms with E-state index in [2.05, 4.69) is 119 Å². The maximum absolute atomic E-state index is 16.5. The second-order valence-electron chi connectivity index (χ2n) is 18.9. The zero-order valence-electron chi connectivity index (χ0n) is 40.1.